The number of aryl methyl sites for hydroxylation is 1. The summed E-state index contributed by atoms with van der Waals surface area (Å²) in [7, 11) is -3.33. The van der Waals surface area contributed by atoms with Crippen molar-refractivity contribution in [2.45, 2.75) is 6.92 Å². The molecule has 0 spiro atoms. The number of furan rings is 1. The first-order valence-electron chi connectivity index (χ1n) is 8.74. The van der Waals surface area contributed by atoms with Gasteiger partial charge in [0.15, 0.2) is 16.5 Å². The number of carbonyl (C=O) groups is 1. The number of fused-ring (bicyclic) bond motifs is 1. The topological polar surface area (TPSA) is 101 Å². The molecule has 2 heterocycles. The summed E-state index contributed by atoms with van der Waals surface area (Å²) >= 11 is 7.43. The minimum Gasteiger partial charge on any atom is -0.449 e. The van der Waals surface area contributed by atoms with E-state index in [-0.39, 0.29) is 5.76 Å². The minimum absolute atomic E-state index is 0.186. The molecule has 154 valence electrons. The van der Waals surface area contributed by atoms with Gasteiger partial charge in [-0.2, -0.15) is 0 Å². The fraction of sp³-hybridized carbons (Fsp3) is 0.100. The van der Waals surface area contributed by atoms with E-state index in [4.69, 9.17) is 16.0 Å². The normalized spacial score (nSPS) is 11.6. The Labute approximate surface area is 181 Å². The van der Waals surface area contributed by atoms with Gasteiger partial charge < -0.3 is 4.42 Å². The SMILES string of the molecule is Cc1c(C(=O)Nc2nc(-c3ccc(NS(C)(=O)=O)cc3)cs2)oc2c(Cl)cccc12. The quantitative estimate of drug-likeness (QED) is 0.428. The summed E-state index contributed by atoms with van der Waals surface area (Å²) in [5, 5.41) is 6.20. The number of para-hydroxylation sites is 1. The zero-order valence-corrected chi connectivity index (χ0v) is 18.3. The van der Waals surface area contributed by atoms with Gasteiger partial charge in [-0.15, -0.1) is 11.3 Å². The zero-order chi connectivity index (χ0) is 21.5. The third-order valence-electron chi connectivity index (χ3n) is 4.33. The Morgan fingerprint density at radius 3 is 2.57 bits per heavy atom. The van der Waals surface area contributed by atoms with Crippen molar-refractivity contribution >= 4 is 60.7 Å². The molecule has 1 amide bonds. The molecule has 7 nitrogen and oxygen atoms in total. The number of sulfonamides is 1. The molecule has 10 heteroatoms. The van der Waals surface area contributed by atoms with Crippen LogP contribution in [0.15, 0.2) is 52.3 Å². The van der Waals surface area contributed by atoms with Gasteiger partial charge in [0.1, 0.15) is 0 Å². The van der Waals surface area contributed by atoms with Gasteiger partial charge in [0.05, 0.1) is 17.0 Å². The number of aromatic nitrogens is 1. The number of thiazole rings is 1. The maximum absolute atomic E-state index is 12.7. The number of hydrogen-bond donors (Lipinski definition) is 2. The molecule has 0 atom stereocenters. The molecule has 0 radical (unpaired) electrons. The Morgan fingerprint density at radius 2 is 1.90 bits per heavy atom. The van der Waals surface area contributed by atoms with Gasteiger partial charge in [0.25, 0.3) is 5.91 Å². The van der Waals surface area contributed by atoms with Crippen molar-refractivity contribution in [2.75, 3.05) is 16.3 Å². The van der Waals surface area contributed by atoms with Crippen molar-refractivity contribution in [1.82, 2.24) is 4.98 Å². The number of carbonyl (C=O) groups excluding carboxylic acids is 1. The third-order valence-corrected chi connectivity index (χ3v) is 5.99. The van der Waals surface area contributed by atoms with Gasteiger partial charge in [0, 0.05) is 27.6 Å². The highest BCUT2D eigenvalue weighted by Gasteiger charge is 2.20. The van der Waals surface area contributed by atoms with E-state index in [0.29, 0.717) is 32.7 Å². The second-order valence-electron chi connectivity index (χ2n) is 6.62. The van der Waals surface area contributed by atoms with E-state index in [1.54, 1.807) is 48.7 Å². The fourth-order valence-corrected chi connectivity index (χ4v) is 4.46. The van der Waals surface area contributed by atoms with Crippen LogP contribution in [-0.4, -0.2) is 25.6 Å². The van der Waals surface area contributed by atoms with Crippen molar-refractivity contribution in [3.63, 3.8) is 0 Å². The van der Waals surface area contributed by atoms with E-state index >= 15 is 0 Å². The summed E-state index contributed by atoms with van der Waals surface area (Å²) in [4.78, 5) is 17.1. The lowest BCUT2D eigenvalue weighted by molar-refractivity contribution is 0.0998. The van der Waals surface area contributed by atoms with E-state index < -0.39 is 15.9 Å². The van der Waals surface area contributed by atoms with Gasteiger partial charge in [-0.25, -0.2) is 13.4 Å². The molecule has 4 aromatic rings. The summed E-state index contributed by atoms with van der Waals surface area (Å²) in [5.41, 5.74) is 3.09. The highest BCUT2D eigenvalue weighted by atomic mass is 35.5. The average molecular weight is 462 g/mol. The van der Waals surface area contributed by atoms with Crippen LogP contribution < -0.4 is 10.0 Å². The van der Waals surface area contributed by atoms with Crippen molar-refractivity contribution < 1.29 is 17.6 Å². The predicted molar refractivity (Wildman–Crippen MR) is 120 cm³/mol. The van der Waals surface area contributed by atoms with Crippen LogP contribution >= 0.6 is 22.9 Å². The van der Waals surface area contributed by atoms with Crippen LogP contribution in [0.2, 0.25) is 5.02 Å². The molecule has 0 bridgehead atoms. The molecule has 2 aromatic heterocycles. The van der Waals surface area contributed by atoms with Gasteiger partial charge in [0.2, 0.25) is 10.0 Å². The molecule has 0 aliphatic carbocycles. The predicted octanol–water partition coefficient (Wildman–Crippen LogP) is 5.14. The lowest BCUT2D eigenvalue weighted by Crippen LogP contribution is -2.11. The Hall–Kier alpha value is -2.88. The van der Waals surface area contributed by atoms with Gasteiger partial charge >= 0.3 is 0 Å². The van der Waals surface area contributed by atoms with Gasteiger partial charge in [-0.05, 0) is 25.1 Å². The zero-order valence-electron chi connectivity index (χ0n) is 15.9. The van der Waals surface area contributed by atoms with Crippen LogP contribution in [0.25, 0.3) is 22.2 Å². The minimum atomic E-state index is -3.33. The monoisotopic (exact) mass is 461 g/mol. The first-order valence-corrected chi connectivity index (χ1v) is 11.9. The number of rotatable bonds is 5. The summed E-state index contributed by atoms with van der Waals surface area (Å²) in [5.74, 6) is -0.223. The summed E-state index contributed by atoms with van der Waals surface area (Å²) in [6.45, 7) is 1.80. The van der Waals surface area contributed by atoms with Crippen LogP contribution in [0.4, 0.5) is 10.8 Å². The summed E-state index contributed by atoms with van der Waals surface area (Å²) in [6.07, 6.45) is 1.09. The number of nitrogens with one attached hydrogen (secondary N) is 2. The second-order valence-corrected chi connectivity index (χ2v) is 9.63. The Morgan fingerprint density at radius 1 is 1.17 bits per heavy atom. The molecule has 0 unspecified atom stereocenters. The van der Waals surface area contributed by atoms with Crippen LogP contribution in [-0.2, 0) is 10.0 Å². The first-order chi connectivity index (χ1) is 14.2. The maximum atomic E-state index is 12.7. The number of nitrogens with zero attached hydrogens (tertiary/aromatic N) is 1. The van der Waals surface area contributed by atoms with Crippen molar-refractivity contribution in [2.24, 2.45) is 0 Å². The first kappa shape index (κ1) is 20.4. The molecule has 2 N–H and O–H groups in total. The molecule has 0 aliphatic rings. The smallest absolute Gasteiger partial charge is 0.293 e. The second kappa shape index (κ2) is 7.75. The van der Waals surface area contributed by atoms with Gasteiger partial charge in [-0.1, -0.05) is 35.9 Å². The number of benzene rings is 2. The van der Waals surface area contributed by atoms with Crippen LogP contribution in [0.5, 0.6) is 0 Å². The molecule has 4 rings (SSSR count). The molecule has 0 fully saturated rings. The molecule has 0 saturated carbocycles. The lowest BCUT2D eigenvalue weighted by atomic mass is 10.1. The number of anilines is 2. The van der Waals surface area contributed by atoms with Crippen LogP contribution in [0.3, 0.4) is 0 Å². The van der Waals surface area contributed by atoms with Crippen LogP contribution in [0.1, 0.15) is 16.1 Å². The van der Waals surface area contributed by atoms with Crippen molar-refractivity contribution in [3.05, 3.63) is 64.2 Å². The summed E-state index contributed by atoms with van der Waals surface area (Å²) < 4.78 is 30.7. The number of hydrogen-bond acceptors (Lipinski definition) is 6. The van der Waals surface area contributed by atoms with Crippen molar-refractivity contribution in [3.8, 4) is 11.3 Å². The molecule has 2 aromatic carbocycles. The van der Waals surface area contributed by atoms with Crippen molar-refractivity contribution in [1.29, 1.82) is 0 Å². The Kier molecular flexibility index (Phi) is 5.27. The van der Waals surface area contributed by atoms with Gasteiger partial charge in [-0.3, -0.25) is 14.8 Å². The van der Waals surface area contributed by atoms with E-state index in [0.717, 1.165) is 17.2 Å². The molecule has 0 aliphatic heterocycles. The Bertz CT molecular complexity index is 1360. The molecule has 30 heavy (non-hydrogen) atoms. The fourth-order valence-electron chi connectivity index (χ4n) is 2.97. The summed E-state index contributed by atoms with van der Waals surface area (Å²) in [6, 6.07) is 12.2. The highest BCUT2D eigenvalue weighted by molar-refractivity contribution is 7.92. The van der Waals surface area contributed by atoms with Crippen LogP contribution in [0, 0.1) is 6.92 Å². The van der Waals surface area contributed by atoms with E-state index in [1.165, 1.54) is 11.3 Å². The Balaban J connectivity index is 1.53. The van der Waals surface area contributed by atoms with E-state index in [9.17, 15) is 13.2 Å². The van der Waals surface area contributed by atoms with E-state index in [1.807, 2.05) is 6.07 Å². The lowest BCUT2D eigenvalue weighted by Gasteiger charge is -2.04. The molecular formula is C20H16ClN3O4S2. The largest absolute Gasteiger partial charge is 0.449 e. The maximum Gasteiger partial charge on any atom is 0.293 e. The standard InChI is InChI=1S/C20H16ClN3O4S2/c1-11-14-4-3-5-15(21)18(14)28-17(11)19(25)23-20-22-16(10-29-20)12-6-8-13(9-7-12)24-30(2,26)27/h3-10,24H,1-2H3,(H,22,23,25). The third kappa shape index (κ3) is 4.18. The van der Waals surface area contributed by atoms with E-state index in [2.05, 4.69) is 15.0 Å². The molecular weight excluding hydrogens is 446 g/mol. The molecule has 0 saturated heterocycles. The number of amides is 1. The average Bonchev–Trinajstić information content (AvgIpc) is 3.27. The number of halogens is 1. The highest BCUT2D eigenvalue weighted by Crippen LogP contribution is 2.32.